The van der Waals surface area contributed by atoms with Crippen molar-refractivity contribution in [1.29, 1.82) is 0 Å². The topological polar surface area (TPSA) is 80.9 Å². The fourth-order valence-electron chi connectivity index (χ4n) is 2.36. The molecule has 3 rings (SSSR count). The van der Waals surface area contributed by atoms with Crippen LogP contribution in [0.4, 0.5) is 13.2 Å². The maximum atomic E-state index is 12.8. The van der Waals surface area contributed by atoms with Crippen LogP contribution in [-0.2, 0) is 17.5 Å². The Labute approximate surface area is 160 Å². The van der Waals surface area contributed by atoms with E-state index >= 15 is 0 Å². The number of aromatic nitrogens is 4. The van der Waals surface area contributed by atoms with Crippen LogP contribution in [0, 0.1) is 0 Å². The molecule has 0 radical (unpaired) electrons. The Morgan fingerprint density at radius 1 is 1.33 bits per heavy atom. The Morgan fingerprint density at radius 3 is 2.78 bits per heavy atom. The van der Waals surface area contributed by atoms with E-state index in [9.17, 15) is 18.0 Å². The maximum absolute atomic E-state index is 12.8. The van der Waals surface area contributed by atoms with E-state index in [2.05, 4.69) is 15.0 Å². The maximum Gasteiger partial charge on any atom is 0.417 e. The Hall–Kier alpha value is -2.33. The lowest BCUT2D eigenvalue weighted by atomic mass is 10.3. The third kappa shape index (κ3) is 4.51. The van der Waals surface area contributed by atoms with Crippen molar-refractivity contribution in [3.8, 4) is 0 Å². The van der Waals surface area contributed by atoms with Gasteiger partial charge in [0, 0.05) is 25.4 Å². The van der Waals surface area contributed by atoms with Gasteiger partial charge in [0.05, 0.1) is 16.1 Å². The quantitative estimate of drug-likeness (QED) is 0.636. The van der Waals surface area contributed by atoms with Crippen LogP contribution in [0.3, 0.4) is 0 Å². The molecule has 0 aromatic carbocycles. The van der Waals surface area contributed by atoms with Crippen LogP contribution in [0.2, 0.25) is 5.02 Å². The van der Waals surface area contributed by atoms with Crippen molar-refractivity contribution < 1.29 is 23.1 Å². The summed E-state index contributed by atoms with van der Waals surface area (Å²) < 4.78 is 40.0. The van der Waals surface area contributed by atoms with E-state index in [0.29, 0.717) is 35.5 Å². The normalized spacial score (nSPS) is 11.9. The first-order valence-electron chi connectivity index (χ1n) is 7.69. The fraction of sp³-hybridized carbons (Fsp3) is 0.250. The molecule has 3 aromatic heterocycles. The van der Waals surface area contributed by atoms with Crippen LogP contribution in [0.15, 0.2) is 40.8 Å². The van der Waals surface area contributed by atoms with Gasteiger partial charge in [-0.05, 0) is 36.4 Å². The summed E-state index contributed by atoms with van der Waals surface area (Å²) in [6, 6.07) is 4.31. The van der Waals surface area contributed by atoms with Gasteiger partial charge in [0.2, 0.25) is 0 Å². The van der Waals surface area contributed by atoms with Crippen molar-refractivity contribution in [3.05, 3.63) is 41.2 Å². The van der Waals surface area contributed by atoms with E-state index in [0.717, 1.165) is 17.8 Å². The first-order valence-corrected chi connectivity index (χ1v) is 8.89. The zero-order valence-corrected chi connectivity index (χ0v) is 15.1. The van der Waals surface area contributed by atoms with Crippen LogP contribution < -0.4 is 0 Å². The molecule has 0 saturated heterocycles. The molecule has 11 heteroatoms. The molecule has 0 fully saturated rings. The summed E-state index contributed by atoms with van der Waals surface area (Å²) in [7, 11) is 0. The number of aliphatic carboxylic acids is 1. The first-order chi connectivity index (χ1) is 12.8. The van der Waals surface area contributed by atoms with Gasteiger partial charge in [0.15, 0.2) is 10.8 Å². The molecule has 6 nitrogen and oxygen atoms in total. The molecule has 3 aromatic rings. The van der Waals surface area contributed by atoms with Crippen LogP contribution in [0.1, 0.15) is 18.4 Å². The largest absolute Gasteiger partial charge is 0.481 e. The number of carboxylic acid groups (broad SMARTS) is 1. The average molecular weight is 417 g/mol. The Kier molecular flexibility index (Phi) is 5.56. The number of pyridine rings is 2. The molecule has 0 saturated carbocycles. The molecule has 0 aliphatic heterocycles. The van der Waals surface area contributed by atoms with Gasteiger partial charge in [-0.2, -0.15) is 13.2 Å². The SMILES string of the molecule is O=C(O)CCCn1c(Sc2ncc(C(F)(F)F)cc2Cl)nc2ncccc21. The molecule has 142 valence electrons. The highest BCUT2D eigenvalue weighted by Gasteiger charge is 2.31. The molecular weight excluding hydrogens is 405 g/mol. The summed E-state index contributed by atoms with van der Waals surface area (Å²) >= 11 is 6.97. The highest BCUT2D eigenvalue weighted by atomic mass is 35.5. The molecule has 0 aliphatic carbocycles. The Morgan fingerprint density at radius 2 is 2.11 bits per heavy atom. The van der Waals surface area contributed by atoms with E-state index in [1.54, 1.807) is 22.9 Å². The Bertz CT molecular complexity index is 993. The van der Waals surface area contributed by atoms with Gasteiger partial charge in [-0.15, -0.1) is 0 Å². The lowest BCUT2D eigenvalue weighted by molar-refractivity contribution is -0.138. The molecule has 0 unspecified atom stereocenters. The molecular formula is C16H12ClF3N4O2S. The number of nitrogens with zero attached hydrogens (tertiary/aromatic N) is 4. The number of halogens is 4. The number of carboxylic acids is 1. The van der Waals surface area contributed by atoms with Crippen molar-refractivity contribution in [3.63, 3.8) is 0 Å². The van der Waals surface area contributed by atoms with Gasteiger partial charge in [-0.1, -0.05) is 11.6 Å². The third-order valence-corrected chi connectivity index (χ3v) is 5.00. The minimum Gasteiger partial charge on any atom is -0.481 e. The molecule has 1 N–H and O–H groups in total. The number of aryl methyl sites for hydroxylation is 1. The van der Waals surface area contributed by atoms with Crippen molar-refractivity contribution >= 4 is 40.5 Å². The fourth-order valence-corrected chi connectivity index (χ4v) is 3.51. The highest BCUT2D eigenvalue weighted by molar-refractivity contribution is 7.99. The number of imidazole rings is 1. The van der Waals surface area contributed by atoms with E-state index in [1.807, 2.05) is 0 Å². The van der Waals surface area contributed by atoms with Gasteiger partial charge in [0.1, 0.15) is 5.03 Å². The summed E-state index contributed by atoms with van der Waals surface area (Å²) in [4.78, 5) is 23.1. The zero-order valence-electron chi connectivity index (χ0n) is 13.6. The van der Waals surface area contributed by atoms with Crippen LogP contribution in [0.5, 0.6) is 0 Å². The van der Waals surface area contributed by atoms with Crippen LogP contribution >= 0.6 is 23.4 Å². The number of hydrogen-bond donors (Lipinski definition) is 1. The monoisotopic (exact) mass is 416 g/mol. The molecule has 0 bridgehead atoms. The smallest absolute Gasteiger partial charge is 0.417 e. The van der Waals surface area contributed by atoms with E-state index in [-0.39, 0.29) is 16.5 Å². The summed E-state index contributed by atoms with van der Waals surface area (Å²) in [5.41, 5.74) is 0.195. The second kappa shape index (κ2) is 7.73. The van der Waals surface area contributed by atoms with Gasteiger partial charge in [-0.3, -0.25) is 4.79 Å². The summed E-state index contributed by atoms with van der Waals surface area (Å²) in [5.74, 6) is -0.917. The number of carbonyl (C=O) groups is 1. The van der Waals surface area contributed by atoms with Gasteiger partial charge < -0.3 is 9.67 Å². The first kappa shape index (κ1) is 19.4. The summed E-state index contributed by atoms with van der Waals surface area (Å²) in [6.07, 6.45) is -1.92. The third-order valence-electron chi connectivity index (χ3n) is 3.58. The predicted molar refractivity (Wildman–Crippen MR) is 92.8 cm³/mol. The number of alkyl halides is 3. The van der Waals surface area contributed by atoms with Crippen molar-refractivity contribution in [2.24, 2.45) is 0 Å². The Balaban J connectivity index is 1.93. The van der Waals surface area contributed by atoms with Crippen molar-refractivity contribution in [2.75, 3.05) is 0 Å². The molecule has 0 amide bonds. The second-order valence-electron chi connectivity index (χ2n) is 5.50. The minimum atomic E-state index is -4.53. The van der Waals surface area contributed by atoms with Crippen LogP contribution in [0.25, 0.3) is 11.2 Å². The van der Waals surface area contributed by atoms with Crippen LogP contribution in [-0.4, -0.2) is 30.6 Å². The lowest BCUT2D eigenvalue weighted by Gasteiger charge is -2.10. The highest BCUT2D eigenvalue weighted by Crippen LogP contribution is 2.36. The number of rotatable bonds is 6. The lowest BCUT2D eigenvalue weighted by Crippen LogP contribution is -2.06. The van der Waals surface area contributed by atoms with E-state index in [4.69, 9.17) is 16.7 Å². The van der Waals surface area contributed by atoms with Gasteiger partial charge in [0.25, 0.3) is 0 Å². The predicted octanol–water partition coefficient (Wildman–Crippen LogP) is 4.51. The minimum absolute atomic E-state index is 0.0245. The van der Waals surface area contributed by atoms with Crippen molar-refractivity contribution in [1.82, 2.24) is 19.5 Å². The van der Waals surface area contributed by atoms with Crippen molar-refractivity contribution in [2.45, 2.75) is 35.7 Å². The van der Waals surface area contributed by atoms with E-state index in [1.165, 1.54) is 0 Å². The second-order valence-corrected chi connectivity index (χ2v) is 6.86. The standard InChI is InChI=1S/C16H12ClF3N4O2S/c17-10-7-9(16(18,19)20)8-22-14(10)27-15-23-13-11(3-1-5-21-13)24(15)6-2-4-12(25)26/h1,3,5,7-8H,2,4,6H2,(H,25,26). The summed E-state index contributed by atoms with van der Waals surface area (Å²) in [6.45, 7) is 0.356. The number of fused-ring (bicyclic) bond motifs is 1. The zero-order chi connectivity index (χ0) is 19.6. The van der Waals surface area contributed by atoms with Gasteiger partial charge >= 0.3 is 12.1 Å². The van der Waals surface area contributed by atoms with Gasteiger partial charge in [-0.25, -0.2) is 15.0 Å². The average Bonchev–Trinajstić information content (AvgIpc) is 2.93. The molecule has 3 heterocycles. The molecule has 0 aliphatic rings. The summed E-state index contributed by atoms with van der Waals surface area (Å²) in [5, 5.41) is 9.27. The van der Waals surface area contributed by atoms with E-state index < -0.39 is 17.7 Å². The number of hydrogen-bond acceptors (Lipinski definition) is 5. The molecule has 0 atom stereocenters. The molecule has 27 heavy (non-hydrogen) atoms. The molecule has 0 spiro atoms.